The fourth-order valence-electron chi connectivity index (χ4n) is 3.31. The first-order valence-corrected chi connectivity index (χ1v) is 9.34. The second kappa shape index (κ2) is 7.23. The number of hydrogen-bond donors (Lipinski definition) is 0. The highest BCUT2D eigenvalue weighted by atomic mass is 79.9. The Morgan fingerprint density at radius 2 is 1.68 bits per heavy atom. The van der Waals surface area contributed by atoms with E-state index in [4.69, 9.17) is 9.47 Å². The molecule has 2 aliphatic rings. The molecule has 0 saturated carbocycles. The second-order valence-corrected chi connectivity index (χ2v) is 7.21. The quantitative estimate of drug-likeness (QED) is 0.661. The summed E-state index contributed by atoms with van der Waals surface area (Å²) in [6.07, 6.45) is 0. The number of fused-ring (bicyclic) bond motifs is 1. The van der Waals surface area contributed by atoms with Gasteiger partial charge in [-0.05, 0) is 48.0 Å². The Morgan fingerprint density at radius 1 is 1.00 bits per heavy atom. The third-order valence-electron chi connectivity index (χ3n) is 4.77. The number of hydrogen-bond acceptors (Lipinski definition) is 7. The third kappa shape index (κ3) is 3.01. The minimum Gasteiger partial charge on any atom is -0.497 e. The van der Waals surface area contributed by atoms with Crippen molar-refractivity contribution in [3.63, 3.8) is 0 Å². The summed E-state index contributed by atoms with van der Waals surface area (Å²) in [6, 6.07) is 10.7. The fourth-order valence-corrected chi connectivity index (χ4v) is 3.69. The highest BCUT2D eigenvalue weighted by molar-refractivity contribution is 9.10. The van der Waals surface area contributed by atoms with Gasteiger partial charge in [-0.2, -0.15) is 5.11 Å². The van der Waals surface area contributed by atoms with E-state index in [9.17, 15) is 9.59 Å². The number of carbonyl (C=O) groups is 2. The van der Waals surface area contributed by atoms with E-state index in [1.807, 2.05) is 18.2 Å². The maximum absolute atomic E-state index is 13.0. The SMILES string of the molecule is COc1ccc(N2C(=O)[C@H]3N=NN(Cc4cc(OC)ccc4Br)[C@H]3C2=O)cc1. The van der Waals surface area contributed by atoms with Crippen molar-refractivity contribution in [3.05, 3.63) is 52.5 Å². The maximum Gasteiger partial charge on any atom is 0.263 e. The van der Waals surface area contributed by atoms with Gasteiger partial charge in [-0.15, -0.1) is 0 Å². The number of ether oxygens (including phenoxy) is 2. The van der Waals surface area contributed by atoms with Gasteiger partial charge in [0.15, 0.2) is 12.1 Å². The average Bonchev–Trinajstić information content (AvgIpc) is 3.23. The van der Waals surface area contributed by atoms with Crippen LogP contribution in [0.25, 0.3) is 0 Å². The summed E-state index contributed by atoms with van der Waals surface area (Å²) in [7, 11) is 3.14. The zero-order valence-corrected chi connectivity index (χ0v) is 16.8. The summed E-state index contributed by atoms with van der Waals surface area (Å²) in [5.41, 5.74) is 1.37. The van der Waals surface area contributed by atoms with Crippen LogP contribution < -0.4 is 14.4 Å². The normalized spacial score (nSPS) is 20.7. The van der Waals surface area contributed by atoms with Crippen LogP contribution in [-0.4, -0.2) is 43.1 Å². The molecule has 1 fully saturated rings. The van der Waals surface area contributed by atoms with E-state index in [-0.39, 0.29) is 11.8 Å². The molecule has 2 aromatic rings. The summed E-state index contributed by atoms with van der Waals surface area (Å²) in [4.78, 5) is 27.0. The summed E-state index contributed by atoms with van der Waals surface area (Å²) in [5, 5.41) is 9.68. The van der Waals surface area contributed by atoms with E-state index >= 15 is 0 Å². The number of nitrogens with zero attached hydrogens (tertiary/aromatic N) is 4. The molecule has 0 spiro atoms. The van der Waals surface area contributed by atoms with Gasteiger partial charge in [0.05, 0.1) is 26.5 Å². The van der Waals surface area contributed by atoms with Gasteiger partial charge in [-0.3, -0.25) is 14.6 Å². The van der Waals surface area contributed by atoms with Crippen LogP contribution in [0.1, 0.15) is 5.56 Å². The lowest BCUT2D eigenvalue weighted by Gasteiger charge is -2.21. The van der Waals surface area contributed by atoms with Crippen LogP contribution in [0.4, 0.5) is 5.69 Å². The summed E-state index contributed by atoms with van der Waals surface area (Å²) < 4.78 is 11.2. The molecule has 0 N–H and O–H groups in total. The van der Waals surface area contributed by atoms with Gasteiger partial charge in [0.25, 0.3) is 11.8 Å². The summed E-state index contributed by atoms with van der Waals surface area (Å²) in [5.74, 6) is 0.618. The lowest BCUT2D eigenvalue weighted by Crippen LogP contribution is -2.39. The smallest absolute Gasteiger partial charge is 0.263 e. The van der Waals surface area contributed by atoms with E-state index in [0.717, 1.165) is 10.0 Å². The minimum atomic E-state index is -0.834. The van der Waals surface area contributed by atoms with Crippen molar-refractivity contribution in [1.82, 2.24) is 5.01 Å². The van der Waals surface area contributed by atoms with Gasteiger partial charge in [-0.25, -0.2) is 4.90 Å². The lowest BCUT2D eigenvalue weighted by molar-refractivity contribution is -0.123. The number of carbonyl (C=O) groups excluding carboxylic acids is 2. The Hall–Kier alpha value is -2.94. The first kappa shape index (κ1) is 18.4. The molecule has 0 aliphatic carbocycles. The molecule has 4 rings (SSSR count). The van der Waals surface area contributed by atoms with Crippen molar-refractivity contribution in [2.24, 2.45) is 10.3 Å². The van der Waals surface area contributed by atoms with Crippen LogP contribution in [0.3, 0.4) is 0 Å². The van der Waals surface area contributed by atoms with Gasteiger partial charge in [0, 0.05) is 4.47 Å². The number of halogens is 1. The molecule has 0 bridgehead atoms. The fraction of sp³-hybridized carbons (Fsp3) is 0.263. The number of methoxy groups -OCH3 is 2. The van der Waals surface area contributed by atoms with E-state index in [0.29, 0.717) is 23.7 Å². The number of imide groups is 1. The molecule has 2 atom stereocenters. The molecule has 2 aromatic carbocycles. The standard InChI is InChI=1S/C19H17BrN4O4/c1-27-13-5-3-12(4-6-13)24-18(25)16-17(19(24)26)23(22-21-16)10-11-9-14(28-2)7-8-15(11)20/h3-9,16-17H,10H2,1-2H3/t16-,17+/m0/s1. The minimum absolute atomic E-state index is 0.317. The van der Waals surface area contributed by atoms with E-state index in [1.54, 1.807) is 43.5 Å². The summed E-state index contributed by atoms with van der Waals surface area (Å²) >= 11 is 3.50. The van der Waals surface area contributed by atoms with Crippen LogP contribution in [0, 0.1) is 0 Å². The monoisotopic (exact) mass is 444 g/mol. The molecule has 0 unspecified atom stereocenters. The van der Waals surface area contributed by atoms with Gasteiger partial charge in [-0.1, -0.05) is 21.2 Å². The van der Waals surface area contributed by atoms with Crippen LogP contribution in [0.15, 0.2) is 57.3 Å². The molecule has 0 aromatic heterocycles. The number of anilines is 1. The molecular weight excluding hydrogens is 428 g/mol. The van der Waals surface area contributed by atoms with E-state index in [2.05, 4.69) is 26.3 Å². The molecule has 2 amide bonds. The Balaban J connectivity index is 1.59. The maximum atomic E-state index is 13.0. The van der Waals surface area contributed by atoms with Crippen molar-refractivity contribution in [3.8, 4) is 11.5 Å². The zero-order valence-electron chi connectivity index (χ0n) is 15.2. The highest BCUT2D eigenvalue weighted by Crippen LogP contribution is 2.34. The molecule has 1 saturated heterocycles. The van der Waals surface area contributed by atoms with Crippen LogP contribution in [-0.2, 0) is 16.1 Å². The van der Waals surface area contributed by atoms with Crippen LogP contribution in [0.5, 0.6) is 11.5 Å². The Kier molecular flexibility index (Phi) is 4.76. The first-order chi connectivity index (χ1) is 13.5. The van der Waals surface area contributed by atoms with Gasteiger partial charge in [0.2, 0.25) is 0 Å². The largest absolute Gasteiger partial charge is 0.497 e. The Morgan fingerprint density at radius 3 is 2.36 bits per heavy atom. The molecule has 8 nitrogen and oxygen atoms in total. The van der Waals surface area contributed by atoms with Gasteiger partial charge >= 0.3 is 0 Å². The molecule has 2 heterocycles. The predicted molar refractivity (Wildman–Crippen MR) is 104 cm³/mol. The molecule has 144 valence electrons. The van der Waals surface area contributed by atoms with Crippen molar-refractivity contribution >= 4 is 33.4 Å². The highest BCUT2D eigenvalue weighted by Gasteiger charge is 2.54. The van der Waals surface area contributed by atoms with E-state index in [1.165, 1.54) is 4.90 Å². The molecule has 0 radical (unpaired) electrons. The Labute approximate surface area is 169 Å². The lowest BCUT2D eigenvalue weighted by atomic mass is 10.1. The number of rotatable bonds is 5. The predicted octanol–water partition coefficient (Wildman–Crippen LogP) is 2.96. The van der Waals surface area contributed by atoms with E-state index < -0.39 is 12.1 Å². The van der Waals surface area contributed by atoms with Crippen molar-refractivity contribution in [2.75, 3.05) is 19.1 Å². The van der Waals surface area contributed by atoms with Crippen molar-refractivity contribution < 1.29 is 19.1 Å². The Bertz CT molecular complexity index is 963. The molecule has 2 aliphatic heterocycles. The average molecular weight is 445 g/mol. The third-order valence-corrected chi connectivity index (χ3v) is 5.55. The number of amides is 2. The van der Waals surface area contributed by atoms with Crippen molar-refractivity contribution in [1.29, 1.82) is 0 Å². The molecule has 9 heteroatoms. The molecule has 28 heavy (non-hydrogen) atoms. The van der Waals surface area contributed by atoms with Crippen LogP contribution >= 0.6 is 15.9 Å². The van der Waals surface area contributed by atoms with Crippen molar-refractivity contribution in [2.45, 2.75) is 18.6 Å². The second-order valence-electron chi connectivity index (χ2n) is 6.36. The molecular formula is C19H17BrN4O4. The van der Waals surface area contributed by atoms with Gasteiger partial charge in [0.1, 0.15) is 11.5 Å². The van der Waals surface area contributed by atoms with Gasteiger partial charge < -0.3 is 9.47 Å². The van der Waals surface area contributed by atoms with Crippen LogP contribution in [0.2, 0.25) is 0 Å². The summed E-state index contributed by atoms with van der Waals surface area (Å²) in [6.45, 7) is 0.317. The first-order valence-electron chi connectivity index (χ1n) is 8.55. The zero-order chi connectivity index (χ0) is 19.8. The topological polar surface area (TPSA) is 83.8 Å². The number of benzene rings is 2.